The summed E-state index contributed by atoms with van der Waals surface area (Å²) in [6.07, 6.45) is 11.9. The van der Waals surface area contributed by atoms with Gasteiger partial charge in [-0.3, -0.25) is 4.79 Å². The second-order valence-electron chi connectivity index (χ2n) is 8.98. The highest BCUT2D eigenvalue weighted by Crippen LogP contribution is 2.60. The highest BCUT2D eigenvalue weighted by Gasteiger charge is 2.58. The van der Waals surface area contributed by atoms with Gasteiger partial charge in [0.25, 0.3) is 0 Å². The van der Waals surface area contributed by atoms with E-state index in [0.29, 0.717) is 23.2 Å². The maximum Gasteiger partial charge on any atom is 0.156 e. The summed E-state index contributed by atoms with van der Waals surface area (Å²) in [7, 11) is 0. The van der Waals surface area contributed by atoms with Crippen LogP contribution in [0.25, 0.3) is 0 Å². The van der Waals surface area contributed by atoms with E-state index in [-0.39, 0.29) is 5.41 Å². The lowest BCUT2D eigenvalue weighted by Gasteiger charge is -2.60. The largest absolute Gasteiger partial charge is 0.312 e. The Balaban J connectivity index is 1.64. The van der Waals surface area contributed by atoms with E-state index in [1.54, 1.807) is 6.92 Å². The molecule has 1 saturated heterocycles. The van der Waals surface area contributed by atoms with E-state index in [1.165, 1.54) is 38.5 Å². The number of fused-ring (bicyclic) bond motifs is 5. The maximum absolute atomic E-state index is 12.1. The molecular formula is C20H31NO. The van der Waals surface area contributed by atoms with Crippen LogP contribution in [0.15, 0.2) is 11.6 Å². The van der Waals surface area contributed by atoms with Crippen LogP contribution in [0.5, 0.6) is 0 Å². The maximum atomic E-state index is 12.1. The van der Waals surface area contributed by atoms with Gasteiger partial charge in [-0.15, -0.1) is 0 Å². The van der Waals surface area contributed by atoms with Crippen molar-refractivity contribution in [3.05, 3.63) is 11.6 Å². The van der Waals surface area contributed by atoms with Gasteiger partial charge < -0.3 is 5.32 Å². The summed E-state index contributed by atoms with van der Waals surface area (Å²) in [6, 6.07) is 0.685. The minimum Gasteiger partial charge on any atom is -0.312 e. The molecule has 4 rings (SSSR count). The third kappa shape index (κ3) is 1.85. The normalized spacial score (nSPS) is 50.6. The second kappa shape index (κ2) is 4.93. The van der Waals surface area contributed by atoms with Crippen molar-refractivity contribution in [2.24, 2.45) is 28.6 Å². The van der Waals surface area contributed by atoms with Crippen LogP contribution in [0.4, 0.5) is 0 Å². The Kier molecular flexibility index (Phi) is 3.35. The van der Waals surface area contributed by atoms with E-state index >= 15 is 0 Å². The summed E-state index contributed by atoms with van der Waals surface area (Å²) in [5.41, 5.74) is 1.70. The predicted octanol–water partition coefficient (Wildman–Crippen LogP) is 4.11. The Hall–Kier alpha value is -0.630. The highest BCUT2D eigenvalue weighted by atomic mass is 16.1. The third-order valence-electron chi connectivity index (χ3n) is 8.03. The molecule has 3 aliphatic carbocycles. The van der Waals surface area contributed by atoms with Gasteiger partial charge in [-0.1, -0.05) is 32.8 Å². The minimum atomic E-state index is 0.0882. The summed E-state index contributed by atoms with van der Waals surface area (Å²) in [5, 5.41) is 3.96. The molecule has 2 nitrogen and oxygen atoms in total. The Labute approximate surface area is 135 Å². The zero-order valence-electron chi connectivity index (χ0n) is 14.5. The topological polar surface area (TPSA) is 29.1 Å². The molecule has 0 aromatic carbocycles. The Bertz CT molecular complexity index is 524. The molecule has 0 spiro atoms. The molecule has 1 N–H and O–H groups in total. The van der Waals surface area contributed by atoms with E-state index in [0.717, 1.165) is 30.4 Å². The fourth-order valence-electron chi connectivity index (χ4n) is 6.86. The Morgan fingerprint density at radius 3 is 2.82 bits per heavy atom. The standard InChI is InChI=1S/C20H31NO/c1-13(22)16-9-10-17-15-8-7-14-6-4-5-11-19(14,2)18(15)21-12-20(16,17)3/h9,14-15,17-18,21H,4-8,10-12H2,1-3H3/t14?,15-,17-,18-,19-,20+/m0/s1. The van der Waals surface area contributed by atoms with Gasteiger partial charge in [0.05, 0.1) is 0 Å². The van der Waals surface area contributed by atoms with Crippen LogP contribution in [0.1, 0.15) is 65.7 Å². The van der Waals surface area contributed by atoms with E-state index in [2.05, 4.69) is 25.2 Å². The van der Waals surface area contributed by atoms with Crippen LogP contribution in [0.3, 0.4) is 0 Å². The van der Waals surface area contributed by atoms with Gasteiger partial charge in [-0.05, 0) is 67.8 Å². The molecule has 2 saturated carbocycles. The van der Waals surface area contributed by atoms with Crippen LogP contribution >= 0.6 is 0 Å². The van der Waals surface area contributed by atoms with Crippen molar-refractivity contribution in [1.82, 2.24) is 5.32 Å². The smallest absolute Gasteiger partial charge is 0.156 e. The Morgan fingerprint density at radius 1 is 1.23 bits per heavy atom. The first kappa shape index (κ1) is 14.9. The van der Waals surface area contributed by atoms with Gasteiger partial charge in [0.15, 0.2) is 5.78 Å². The van der Waals surface area contributed by atoms with Crippen molar-refractivity contribution in [3.8, 4) is 0 Å². The summed E-state index contributed by atoms with van der Waals surface area (Å²) < 4.78 is 0. The first-order valence-corrected chi connectivity index (χ1v) is 9.42. The van der Waals surface area contributed by atoms with E-state index in [1.807, 2.05) is 0 Å². The van der Waals surface area contributed by atoms with Gasteiger partial charge in [0.2, 0.25) is 0 Å². The highest BCUT2D eigenvalue weighted by molar-refractivity contribution is 5.95. The lowest BCUT2D eigenvalue weighted by molar-refractivity contribution is -0.116. The fourth-order valence-corrected chi connectivity index (χ4v) is 6.86. The van der Waals surface area contributed by atoms with Crippen LogP contribution in [0.2, 0.25) is 0 Å². The Morgan fingerprint density at radius 2 is 2.05 bits per heavy atom. The summed E-state index contributed by atoms with van der Waals surface area (Å²) >= 11 is 0. The van der Waals surface area contributed by atoms with E-state index in [4.69, 9.17) is 0 Å². The van der Waals surface area contributed by atoms with Gasteiger partial charge >= 0.3 is 0 Å². The molecule has 0 amide bonds. The fraction of sp³-hybridized carbons (Fsp3) is 0.850. The number of carbonyl (C=O) groups is 1. The van der Waals surface area contributed by atoms with E-state index < -0.39 is 0 Å². The molecule has 22 heavy (non-hydrogen) atoms. The molecule has 0 radical (unpaired) electrons. The van der Waals surface area contributed by atoms with Crippen molar-refractivity contribution in [1.29, 1.82) is 0 Å². The molecule has 1 aliphatic heterocycles. The number of nitrogens with one attached hydrogen (secondary N) is 1. The number of hydrogen-bond donors (Lipinski definition) is 1. The van der Waals surface area contributed by atoms with Crippen molar-refractivity contribution >= 4 is 5.78 Å². The third-order valence-corrected chi connectivity index (χ3v) is 8.03. The molecule has 1 heterocycles. The van der Waals surface area contributed by atoms with E-state index in [9.17, 15) is 4.79 Å². The number of allylic oxidation sites excluding steroid dienone is 1. The summed E-state index contributed by atoms with van der Waals surface area (Å²) in [4.78, 5) is 12.1. The van der Waals surface area contributed by atoms with Crippen molar-refractivity contribution in [2.45, 2.75) is 71.8 Å². The molecular weight excluding hydrogens is 270 g/mol. The average Bonchev–Trinajstić information content (AvgIpc) is 2.84. The quantitative estimate of drug-likeness (QED) is 0.790. The first-order valence-electron chi connectivity index (χ1n) is 9.42. The zero-order valence-corrected chi connectivity index (χ0v) is 14.5. The lowest BCUT2D eigenvalue weighted by Crippen LogP contribution is -2.64. The molecule has 1 unspecified atom stereocenters. The van der Waals surface area contributed by atoms with Crippen molar-refractivity contribution in [2.75, 3.05) is 6.54 Å². The summed E-state index contributed by atoms with van der Waals surface area (Å²) in [5.74, 6) is 2.69. The number of hydrogen-bond acceptors (Lipinski definition) is 2. The average molecular weight is 301 g/mol. The molecule has 0 aromatic rings. The van der Waals surface area contributed by atoms with Crippen molar-refractivity contribution < 1.29 is 4.79 Å². The predicted molar refractivity (Wildman–Crippen MR) is 89.6 cm³/mol. The molecule has 122 valence electrons. The summed E-state index contributed by atoms with van der Waals surface area (Å²) in [6.45, 7) is 7.67. The number of rotatable bonds is 1. The van der Waals surface area contributed by atoms with Crippen LogP contribution in [0, 0.1) is 28.6 Å². The zero-order chi connectivity index (χ0) is 15.5. The van der Waals surface area contributed by atoms with Crippen LogP contribution in [-0.4, -0.2) is 18.4 Å². The molecule has 4 aliphatic rings. The molecule has 0 bridgehead atoms. The molecule has 6 atom stereocenters. The number of carbonyl (C=O) groups excluding carboxylic acids is 1. The first-order chi connectivity index (χ1) is 10.5. The number of Topliss-reactive ketones (excluding diaryl/α,β-unsaturated/α-hetero) is 1. The van der Waals surface area contributed by atoms with Gasteiger partial charge in [-0.25, -0.2) is 0 Å². The van der Waals surface area contributed by atoms with Crippen LogP contribution < -0.4 is 5.32 Å². The SMILES string of the molecule is CC(=O)C1=CC[C@H]2[C@@H]3CCC4CCCC[C@]4(C)[C@H]3NC[C@]12C. The van der Waals surface area contributed by atoms with Crippen molar-refractivity contribution in [3.63, 3.8) is 0 Å². The van der Waals surface area contributed by atoms with Crippen LogP contribution in [-0.2, 0) is 4.79 Å². The molecule has 0 aromatic heterocycles. The number of piperidine rings is 1. The second-order valence-corrected chi connectivity index (χ2v) is 8.98. The lowest BCUT2D eigenvalue weighted by atomic mass is 9.50. The molecule has 3 fully saturated rings. The molecule has 2 heteroatoms. The van der Waals surface area contributed by atoms with Gasteiger partial charge in [0, 0.05) is 18.0 Å². The minimum absolute atomic E-state index is 0.0882. The van der Waals surface area contributed by atoms with Gasteiger partial charge in [-0.2, -0.15) is 0 Å². The van der Waals surface area contributed by atoms with Gasteiger partial charge in [0.1, 0.15) is 0 Å². The number of ketones is 1. The monoisotopic (exact) mass is 301 g/mol.